The van der Waals surface area contributed by atoms with E-state index < -0.39 is 0 Å². The predicted octanol–water partition coefficient (Wildman–Crippen LogP) is 4.49. The van der Waals surface area contributed by atoms with Crippen molar-refractivity contribution in [1.82, 2.24) is 0 Å². The third kappa shape index (κ3) is 2.59. The zero-order valence-corrected chi connectivity index (χ0v) is 12.7. The molecule has 0 spiro atoms. The monoisotopic (exact) mass is 264 g/mol. The number of esters is 1. The molecule has 0 aliphatic heterocycles. The summed E-state index contributed by atoms with van der Waals surface area (Å²) in [6.07, 6.45) is 8.65. The van der Waals surface area contributed by atoms with Crippen molar-refractivity contribution in [2.45, 2.75) is 71.3 Å². The zero-order chi connectivity index (χ0) is 14.0. The van der Waals surface area contributed by atoms with Crippen molar-refractivity contribution in [1.29, 1.82) is 0 Å². The van der Waals surface area contributed by atoms with E-state index in [4.69, 9.17) is 4.74 Å². The van der Waals surface area contributed by atoms with E-state index in [9.17, 15) is 4.79 Å². The van der Waals surface area contributed by atoms with E-state index in [1.54, 1.807) is 6.92 Å². The van der Waals surface area contributed by atoms with Crippen molar-refractivity contribution < 1.29 is 9.53 Å². The van der Waals surface area contributed by atoms with E-state index in [-0.39, 0.29) is 11.6 Å². The predicted molar refractivity (Wildman–Crippen MR) is 77.8 cm³/mol. The average molecular weight is 264 g/mol. The molecule has 2 unspecified atom stereocenters. The molecule has 0 aromatic heterocycles. The summed E-state index contributed by atoms with van der Waals surface area (Å²) in [6, 6.07) is 0. The van der Waals surface area contributed by atoms with Crippen molar-refractivity contribution in [2.24, 2.45) is 17.8 Å². The first kappa shape index (κ1) is 14.6. The fraction of sp³-hybridized carbons (Fsp3) is 0.824. The Labute approximate surface area is 117 Å². The lowest BCUT2D eigenvalue weighted by molar-refractivity contribution is -0.188. The van der Waals surface area contributed by atoms with Crippen LogP contribution in [-0.2, 0) is 9.53 Å². The molecule has 108 valence electrons. The Bertz CT molecular complexity index is 342. The first-order chi connectivity index (χ1) is 8.98. The summed E-state index contributed by atoms with van der Waals surface area (Å²) < 4.78 is 6.11. The maximum Gasteiger partial charge on any atom is 0.333 e. The van der Waals surface area contributed by atoms with Gasteiger partial charge in [0, 0.05) is 5.57 Å². The maximum absolute atomic E-state index is 12.1. The summed E-state index contributed by atoms with van der Waals surface area (Å²) in [4.78, 5) is 12.1. The maximum atomic E-state index is 12.1. The molecule has 0 aromatic rings. The molecule has 2 saturated carbocycles. The van der Waals surface area contributed by atoms with Gasteiger partial charge >= 0.3 is 5.97 Å². The second-order valence-electron chi connectivity index (χ2n) is 6.74. The summed E-state index contributed by atoms with van der Waals surface area (Å²) in [7, 11) is 0. The van der Waals surface area contributed by atoms with Crippen LogP contribution in [0.2, 0.25) is 0 Å². The Morgan fingerprint density at radius 1 is 1.05 bits per heavy atom. The molecule has 2 nitrogen and oxygen atoms in total. The third-order valence-electron chi connectivity index (χ3n) is 5.43. The van der Waals surface area contributed by atoms with Gasteiger partial charge in [-0.1, -0.05) is 39.7 Å². The van der Waals surface area contributed by atoms with Crippen LogP contribution >= 0.6 is 0 Å². The summed E-state index contributed by atoms with van der Waals surface area (Å²) >= 11 is 0. The molecule has 0 saturated heterocycles. The molecular formula is C17H28O2. The highest BCUT2D eigenvalue weighted by Crippen LogP contribution is 2.51. The summed E-state index contributed by atoms with van der Waals surface area (Å²) in [5.74, 6) is 1.32. The van der Waals surface area contributed by atoms with Gasteiger partial charge in [0.15, 0.2) is 0 Å². The van der Waals surface area contributed by atoms with Gasteiger partial charge < -0.3 is 4.74 Å². The van der Waals surface area contributed by atoms with Crippen LogP contribution in [0.1, 0.15) is 65.7 Å². The number of ether oxygens (including phenoxy) is 1. The number of hydrogen-bond donors (Lipinski definition) is 0. The minimum atomic E-state index is -0.231. The van der Waals surface area contributed by atoms with E-state index in [0.29, 0.717) is 23.3 Å². The molecule has 0 radical (unpaired) electrons. The molecule has 2 aliphatic rings. The Balaban J connectivity index is 2.30. The molecule has 0 amide bonds. The van der Waals surface area contributed by atoms with E-state index in [1.807, 2.05) is 0 Å². The Morgan fingerprint density at radius 3 is 2.05 bits per heavy atom. The number of carbonyl (C=O) groups is 1. The molecule has 0 N–H and O–H groups in total. The standard InChI is InChI=1S/C17H28O2/c1-12(2)16(18)19-17(15-10-5-6-11-15)13(3)8-7-9-14(17)4/h13-15H,1,5-11H2,2-4H3. The van der Waals surface area contributed by atoms with E-state index in [0.717, 1.165) is 0 Å². The Hall–Kier alpha value is -0.790. The molecule has 0 aromatic carbocycles. The quantitative estimate of drug-likeness (QED) is 0.554. The zero-order valence-electron chi connectivity index (χ0n) is 12.7. The molecule has 2 atom stereocenters. The lowest BCUT2D eigenvalue weighted by Gasteiger charge is -2.50. The number of rotatable bonds is 3. The minimum Gasteiger partial charge on any atom is -0.455 e. The summed E-state index contributed by atoms with van der Waals surface area (Å²) in [6.45, 7) is 10.1. The van der Waals surface area contributed by atoms with Gasteiger partial charge in [-0.05, 0) is 50.4 Å². The van der Waals surface area contributed by atoms with Crippen LogP contribution in [0, 0.1) is 17.8 Å². The molecule has 19 heavy (non-hydrogen) atoms. The summed E-state index contributed by atoms with van der Waals surface area (Å²) in [5.41, 5.74) is 0.299. The number of hydrogen-bond acceptors (Lipinski definition) is 2. The van der Waals surface area contributed by atoms with Gasteiger partial charge in [-0.25, -0.2) is 4.79 Å². The second kappa shape index (κ2) is 5.68. The molecule has 0 bridgehead atoms. The Morgan fingerprint density at radius 2 is 1.58 bits per heavy atom. The van der Waals surface area contributed by atoms with Crippen LogP contribution in [0.3, 0.4) is 0 Å². The van der Waals surface area contributed by atoms with Crippen molar-refractivity contribution in [3.63, 3.8) is 0 Å². The molecule has 0 heterocycles. The van der Waals surface area contributed by atoms with Crippen molar-refractivity contribution in [3.05, 3.63) is 12.2 Å². The number of carbonyl (C=O) groups excluding carboxylic acids is 1. The van der Waals surface area contributed by atoms with Gasteiger partial charge in [0.05, 0.1) is 0 Å². The SMILES string of the molecule is C=C(C)C(=O)OC1(C2CCCC2)C(C)CCCC1C. The molecular weight excluding hydrogens is 236 g/mol. The van der Waals surface area contributed by atoms with E-state index >= 15 is 0 Å². The third-order valence-corrected chi connectivity index (χ3v) is 5.43. The molecule has 2 heteroatoms. The van der Waals surface area contributed by atoms with Crippen molar-refractivity contribution >= 4 is 5.97 Å². The minimum absolute atomic E-state index is 0.188. The van der Waals surface area contributed by atoms with Crippen LogP contribution in [-0.4, -0.2) is 11.6 Å². The van der Waals surface area contributed by atoms with Gasteiger partial charge in [-0.2, -0.15) is 0 Å². The van der Waals surface area contributed by atoms with E-state index in [1.165, 1.54) is 44.9 Å². The first-order valence-electron chi connectivity index (χ1n) is 7.87. The fourth-order valence-electron chi connectivity index (χ4n) is 4.38. The lowest BCUT2D eigenvalue weighted by atomic mass is 9.63. The Kier molecular flexibility index (Phi) is 4.37. The van der Waals surface area contributed by atoms with Crippen LogP contribution in [0.25, 0.3) is 0 Å². The van der Waals surface area contributed by atoms with Crippen LogP contribution < -0.4 is 0 Å². The van der Waals surface area contributed by atoms with Gasteiger partial charge in [0.1, 0.15) is 5.60 Å². The molecule has 2 aliphatic carbocycles. The second-order valence-corrected chi connectivity index (χ2v) is 6.74. The van der Waals surface area contributed by atoms with Gasteiger partial charge in [0.2, 0.25) is 0 Å². The van der Waals surface area contributed by atoms with Gasteiger partial charge in [-0.15, -0.1) is 0 Å². The smallest absolute Gasteiger partial charge is 0.333 e. The van der Waals surface area contributed by atoms with Crippen molar-refractivity contribution in [3.8, 4) is 0 Å². The highest BCUT2D eigenvalue weighted by atomic mass is 16.6. The first-order valence-corrected chi connectivity index (χ1v) is 7.87. The van der Waals surface area contributed by atoms with Crippen molar-refractivity contribution in [2.75, 3.05) is 0 Å². The summed E-state index contributed by atoms with van der Waals surface area (Å²) in [5, 5.41) is 0. The lowest BCUT2D eigenvalue weighted by Crippen LogP contribution is -2.54. The highest BCUT2D eigenvalue weighted by Gasteiger charge is 2.52. The van der Waals surface area contributed by atoms with Gasteiger partial charge in [-0.3, -0.25) is 0 Å². The molecule has 2 fully saturated rings. The van der Waals surface area contributed by atoms with Crippen LogP contribution in [0.4, 0.5) is 0 Å². The largest absolute Gasteiger partial charge is 0.455 e. The normalized spacial score (nSPS) is 36.2. The highest BCUT2D eigenvalue weighted by molar-refractivity contribution is 5.87. The molecule has 2 rings (SSSR count). The van der Waals surface area contributed by atoms with E-state index in [2.05, 4.69) is 20.4 Å². The van der Waals surface area contributed by atoms with Crippen LogP contribution in [0.5, 0.6) is 0 Å². The van der Waals surface area contributed by atoms with Crippen LogP contribution in [0.15, 0.2) is 12.2 Å². The average Bonchev–Trinajstić information content (AvgIpc) is 2.87. The fourth-order valence-corrected chi connectivity index (χ4v) is 4.38. The topological polar surface area (TPSA) is 26.3 Å². The van der Waals surface area contributed by atoms with Gasteiger partial charge in [0.25, 0.3) is 0 Å².